The van der Waals surface area contributed by atoms with E-state index in [1.807, 2.05) is 12.4 Å². The highest BCUT2D eigenvalue weighted by Crippen LogP contribution is 2.17. The van der Waals surface area contributed by atoms with Crippen LogP contribution < -0.4 is 10.1 Å². The molecule has 6 nitrogen and oxygen atoms in total. The minimum absolute atomic E-state index is 0.0226. The number of carbonyl (C=O) groups is 1. The molecule has 0 saturated heterocycles. The molecule has 1 aliphatic rings. The first-order valence-electron chi connectivity index (χ1n) is 7.11. The molecule has 110 valence electrons. The van der Waals surface area contributed by atoms with Crippen molar-refractivity contribution in [2.24, 2.45) is 5.92 Å². The Morgan fingerprint density at radius 3 is 3.29 bits per heavy atom. The number of rotatable bonds is 5. The van der Waals surface area contributed by atoms with Crippen LogP contribution in [0.3, 0.4) is 0 Å². The van der Waals surface area contributed by atoms with Gasteiger partial charge in [-0.2, -0.15) is 0 Å². The van der Waals surface area contributed by atoms with E-state index in [1.54, 1.807) is 24.5 Å². The van der Waals surface area contributed by atoms with Crippen LogP contribution in [0.25, 0.3) is 0 Å². The second-order valence-electron chi connectivity index (χ2n) is 5.18. The fourth-order valence-corrected chi connectivity index (χ4v) is 2.49. The summed E-state index contributed by atoms with van der Waals surface area (Å²) in [6.07, 6.45) is 9.11. The first-order valence-corrected chi connectivity index (χ1v) is 7.11. The normalized spacial score (nSPS) is 17.0. The van der Waals surface area contributed by atoms with Crippen molar-refractivity contribution in [3.8, 4) is 5.75 Å². The molecule has 1 N–H and O–H groups in total. The SMILES string of the molecule is O=C(COc1cccnc1)NCC1CCc2nccn2C1. The fourth-order valence-electron chi connectivity index (χ4n) is 2.49. The maximum absolute atomic E-state index is 11.8. The summed E-state index contributed by atoms with van der Waals surface area (Å²) in [7, 11) is 0. The van der Waals surface area contributed by atoms with Crippen LogP contribution in [0.4, 0.5) is 0 Å². The summed E-state index contributed by atoms with van der Waals surface area (Å²) >= 11 is 0. The zero-order valence-corrected chi connectivity index (χ0v) is 11.7. The number of aromatic nitrogens is 3. The van der Waals surface area contributed by atoms with E-state index >= 15 is 0 Å². The van der Waals surface area contributed by atoms with Gasteiger partial charge in [0, 0.05) is 38.1 Å². The van der Waals surface area contributed by atoms with Crippen molar-refractivity contribution >= 4 is 5.91 Å². The third kappa shape index (κ3) is 3.59. The molecule has 3 heterocycles. The Labute approximate surface area is 123 Å². The minimum Gasteiger partial charge on any atom is -0.482 e. The van der Waals surface area contributed by atoms with E-state index in [1.165, 1.54) is 0 Å². The maximum Gasteiger partial charge on any atom is 0.257 e. The molecule has 1 amide bonds. The highest BCUT2D eigenvalue weighted by Gasteiger charge is 2.19. The van der Waals surface area contributed by atoms with Gasteiger partial charge in [-0.15, -0.1) is 0 Å². The number of amides is 1. The number of hydrogen-bond acceptors (Lipinski definition) is 4. The summed E-state index contributed by atoms with van der Waals surface area (Å²) in [5, 5.41) is 2.93. The largest absolute Gasteiger partial charge is 0.482 e. The van der Waals surface area contributed by atoms with Crippen LogP contribution in [-0.4, -0.2) is 33.6 Å². The summed E-state index contributed by atoms with van der Waals surface area (Å²) in [4.78, 5) is 20.0. The first-order chi connectivity index (χ1) is 10.3. The summed E-state index contributed by atoms with van der Waals surface area (Å²) < 4.78 is 7.52. The lowest BCUT2D eigenvalue weighted by Gasteiger charge is -2.23. The van der Waals surface area contributed by atoms with Crippen LogP contribution in [0.1, 0.15) is 12.2 Å². The van der Waals surface area contributed by atoms with Gasteiger partial charge >= 0.3 is 0 Å². The van der Waals surface area contributed by atoms with E-state index in [9.17, 15) is 4.79 Å². The zero-order valence-electron chi connectivity index (χ0n) is 11.7. The van der Waals surface area contributed by atoms with Crippen LogP contribution in [0, 0.1) is 5.92 Å². The maximum atomic E-state index is 11.8. The average Bonchev–Trinajstić information content (AvgIpc) is 2.99. The lowest BCUT2D eigenvalue weighted by atomic mass is 9.99. The van der Waals surface area contributed by atoms with Gasteiger partial charge in [0.1, 0.15) is 11.6 Å². The van der Waals surface area contributed by atoms with Gasteiger partial charge in [0.2, 0.25) is 0 Å². The molecule has 6 heteroatoms. The summed E-state index contributed by atoms with van der Waals surface area (Å²) in [6, 6.07) is 3.56. The Morgan fingerprint density at radius 2 is 2.43 bits per heavy atom. The fraction of sp³-hybridized carbons (Fsp3) is 0.400. The minimum atomic E-state index is -0.102. The number of hydrogen-bond donors (Lipinski definition) is 1. The molecule has 0 aliphatic carbocycles. The summed E-state index contributed by atoms with van der Waals surface area (Å²) in [5.74, 6) is 2.09. The average molecular weight is 286 g/mol. The molecule has 0 fully saturated rings. The lowest BCUT2D eigenvalue weighted by molar-refractivity contribution is -0.123. The smallest absolute Gasteiger partial charge is 0.257 e. The Kier molecular flexibility index (Phi) is 4.14. The number of fused-ring (bicyclic) bond motifs is 1. The summed E-state index contributed by atoms with van der Waals surface area (Å²) in [5.41, 5.74) is 0. The molecule has 2 aromatic rings. The van der Waals surface area contributed by atoms with Crippen molar-refractivity contribution < 1.29 is 9.53 Å². The number of nitrogens with one attached hydrogen (secondary N) is 1. The van der Waals surface area contributed by atoms with E-state index in [2.05, 4.69) is 19.9 Å². The molecule has 1 aliphatic heterocycles. The van der Waals surface area contributed by atoms with Crippen molar-refractivity contribution in [3.63, 3.8) is 0 Å². The molecule has 0 saturated carbocycles. The van der Waals surface area contributed by atoms with E-state index < -0.39 is 0 Å². The highest BCUT2D eigenvalue weighted by molar-refractivity contribution is 5.77. The molecule has 1 unspecified atom stereocenters. The van der Waals surface area contributed by atoms with Crippen LogP contribution in [0.5, 0.6) is 5.75 Å². The molecule has 0 spiro atoms. The van der Waals surface area contributed by atoms with Crippen molar-refractivity contribution in [2.45, 2.75) is 19.4 Å². The Bertz CT molecular complexity index is 597. The van der Waals surface area contributed by atoms with Crippen LogP contribution in [-0.2, 0) is 17.8 Å². The van der Waals surface area contributed by atoms with Gasteiger partial charge in [-0.1, -0.05) is 0 Å². The van der Waals surface area contributed by atoms with E-state index in [0.717, 1.165) is 25.2 Å². The van der Waals surface area contributed by atoms with Gasteiger partial charge in [-0.25, -0.2) is 4.98 Å². The van der Waals surface area contributed by atoms with Crippen molar-refractivity contribution in [3.05, 3.63) is 42.7 Å². The molecular weight excluding hydrogens is 268 g/mol. The second-order valence-corrected chi connectivity index (χ2v) is 5.18. The van der Waals surface area contributed by atoms with Crippen molar-refractivity contribution in [1.29, 1.82) is 0 Å². The number of ether oxygens (including phenoxy) is 1. The molecule has 1 atom stereocenters. The third-order valence-electron chi connectivity index (χ3n) is 3.63. The number of carbonyl (C=O) groups excluding carboxylic acids is 1. The predicted molar refractivity (Wildman–Crippen MR) is 76.8 cm³/mol. The van der Waals surface area contributed by atoms with Gasteiger partial charge in [-0.3, -0.25) is 9.78 Å². The molecule has 2 aromatic heterocycles. The Balaban J connectivity index is 1.40. The van der Waals surface area contributed by atoms with Gasteiger partial charge in [-0.05, 0) is 24.5 Å². The molecule has 21 heavy (non-hydrogen) atoms. The van der Waals surface area contributed by atoms with Gasteiger partial charge in [0.05, 0.1) is 6.20 Å². The Hall–Kier alpha value is -2.37. The predicted octanol–water partition coefficient (Wildman–Crippen LogP) is 1.04. The van der Waals surface area contributed by atoms with E-state index in [0.29, 0.717) is 18.2 Å². The van der Waals surface area contributed by atoms with Gasteiger partial charge in [0.25, 0.3) is 5.91 Å². The number of nitrogens with zero attached hydrogens (tertiary/aromatic N) is 3. The van der Waals surface area contributed by atoms with Crippen LogP contribution in [0.2, 0.25) is 0 Å². The van der Waals surface area contributed by atoms with Gasteiger partial charge < -0.3 is 14.6 Å². The molecular formula is C15H18N4O2. The quantitative estimate of drug-likeness (QED) is 0.891. The topological polar surface area (TPSA) is 69.0 Å². The van der Waals surface area contributed by atoms with Crippen LogP contribution in [0.15, 0.2) is 36.9 Å². The number of aryl methyl sites for hydroxylation is 1. The third-order valence-corrected chi connectivity index (χ3v) is 3.63. The van der Waals surface area contributed by atoms with E-state index in [4.69, 9.17) is 4.74 Å². The highest BCUT2D eigenvalue weighted by atomic mass is 16.5. The van der Waals surface area contributed by atoms with Crippen LogP contribution >= 0.6 is 0 Å². The van der Waals surface area contributed by atoms with E-state index in [-0.39, 0.29) is 12.5 Å². The lowest BCUT2D eigenvalue weighted by Crippen LogP contribution is -2.36. The van der Waals surface area contributed by atoms with Gasteiger partial charge in [0.15, 0.2) is 6.61 Å². The second kappa shape index (κ2) is 6.39. The molecule has 0 radical (unpaired) electrons. The molecule has 3 rings (SSSR count). The standard InChI is InChI=1S/C15H18N4O2/c20-15(11-21-13-2-1-5-16-9-13)18-8-12-3-4-14-17-6-7-19(14)10-12/h1-2,5-7,9,12H,3-4,8,10-11H2,(H,18,20). The molecule has 0 aromatic carbocycles. The zero-order chi connectivity index (χ0) is 14.5. The van der Waals surface area contributed by atoms with Crippen molar-refractivity contribution in [2.75, 3.05) is 13.2 Å². The Morgan fingerprint density at radius 1 is 1.48 bits per heavy atom. The number of imidazole rings is 1. The first kappa shape index (κ1) is 13.6. The molecule has 0 bridgehead atoms. The number of pyridine rings is 1. The van der Waals surface area contributed by atoms with Crippen molar-refractivity contribution in [1.82, 2.24) is 19.9 Å². The monoisotopic (exact) mass is 286 g/mol. The summed E-state index contributed by atoms with van der Waals surface area (Å²) in [6.45, 7) is 1.61.